The molecule has 0 fully saturated rings. The Hall–Kier alpha value is -2.81. The number of amides is 1. The van der Waals surface area contributed by atoms with Crippen molar-refractivity contribution < 1.29 is 9.53 Å². The normalized spacial score (nSPS) is 10.0. The van der Waals surface area contributed by atoms with E-state index < -0.39 is 0 Å². The van der Waals surface area contributed by atoms with Crippen LogP contribution in [-0.2, 0) is 13.5 Å². The molecule has 0 unspecified atom stereocenters. The van der Waals surface area contributed by atoms with Gasteiger partial charge in [0.2, 0.25) is 0 Å². The van der Waals surface area contributed by atoms with Crippen LogP contribution in [0.5, 0.6) is 5.75 Å². The number of anilines is 1. The first-order valence-corrected chi connectivity index (χ1v) is 6.51. The predicted octanol–water partition coefficient (Wildman–Crippen LogP) is 2.12. The largest absolute Gasteiger partial charge is 0.495 e. The van der Waals surface area contributed by atoms with Crippen LogP contribution in [0.1, 0.15) is 28.7 Å². The van der Waals surface area contributed by atoms with Gasteiger partial charge in [0.05, 0.1) is 30.1 Å². The standard InChI is InChI=1S/C15H16N4O2/c1-4-11-8-13(19(2)18-11)15(20)17-12-6-5-10(9-16)7-14(12)21-3/h5-8H,4H2,1-3H3,(H,17,20). The molecular weight excluding hydrogens is 268 g/mol. The first-order valence-electron chi connectivity index (χ1n) is 6.51. The summed E-state index contributed by atoms with van der Waals surface area (Å²) in [5, 5.41) is 15.9. The molecule has 6 nitrogen and oxygen atoms in total. The van der Waals surface area contributed by atoms with Crippen molar-refractivity contribution in [2.24, 2.45) is 7.05 Å². The van der Waals surface area contributed by atoms with Gasteiger partial charge in [0.1, 0.15) is 11.4 Å². The number of methoxy groups -OCH3 is 1. The quantitative estimate of drug-likeness (QED) is 0.932. The second-order valence-electron chi connectivity index (χ2n) is 4.48. The maximum absolute atomic E-state index is 12.3. The topological polar surface area (TPSA) is 79.9 Å². The van der Waals surface area contributed by atoms with Gasteiger partial charge in [-0.15, -0.1) is 0 Å². The van der Waals surface area contributed by atoms with Crippen molar-refractivity contribution in [1.29, 1.82) is 5.26 Å². The second kappa shape index (κ2) is 6.09. The molecule has 2 rings (SSSR count). The molecule has 1 aromatic carbocycles. The fourth-order valence-electron chi connectivity index (χ4n) is 1.96. The summed E-state index contributed by atoms with van der Waals surface area (Å²) in [4.78, 5) is 12.3. The number of rotatable bonds is 4. The van der Waals surface area contributed by atoms with Crippen LogP contribution in [-0.4, -0.2) is 22.8 Å². The van der Waals surface area contributed by atoms with Crippen LogP contribution in [0, 0.1) is 11.3 Å². The second-order valence-corrected chi connectivity index (χ2v) is 4.48. The van der Waals surface area contributed by atoms with Crippen LogP contribution in [0.4, 0.5) is 5.69 Å². The van der Waals surface area contributed by atoms with Crippen LogP contribution >= 0.6 is 0 Å². The van der Waals surface area contributed by atoms with E-state index in [1.807, 2.05) is 13.0 Å². The molecule has 0 aliphatic heterocycles. The SMILES string of the molecule is CCc1cc(C(=O)Nc2ccc(C#N)cc2OC)n(C)n1. The van der Waals surface area contributed by atoms with Gasteiger partial charge in [-0.25, -0.2) is 0 Å². The first kappa shape index (κ1) is 14.6. The number of aromatic nitrogens is 2. The third-order valence-corrected chi connectivity index (χ3v) is 3.10. The summed E-state index contributed by atoms with van der Waals surface area (Å²) < 4.78 is 6.74. The van der Waals surface area contributed by atoms with E-state index in [9.17, 15) is 4.79 Å². The Kier molecular flexibility index (Phi) is 4.24. The Morgan fingerprint density at radius 3 is 2.81 bits per heavy atom. The molecule has 0 spiro atoms. The molecule has 108 valence electrons. The fourth-order valence-corrected chi connectivity index (χ4v) is 1.96. The molecule has 1 heterocycles. The van der Waals surface area contributed by atoms with Crippen molar-refractivity contribution in [2.75, 3.05) is 12.4 Å². The van der Waals surface area contributed by atoms with Crippen molar-refractivity contribution in [3.05, 3.63) is 41.2 Å². The molecule has 1 N–H and O–H groups in total. The molecule has 6 heteroatoms. The summed E-state index contributed by atoms with van der Waals surface area (Å²) in [5.41, 5.74) is 2.31. The van der Waals surface area contributed by atoms with Gasteiger partial charge >= 0.3 is 0 Å². The van der Waals surface area contributed by atoms with Gasteiger partial charge in [0.25, 0.3) is 5.91 Å². The number of benzene rings is 1. The molecule has 0 saturated carbocycles. The number of carbonyl (C=O) groups excluding carboxylic acids is 1. The minimum absolute atomic E-state index is 0.271. The van der Waals surface area contributed by atoms with Crippen molar-refractivity contribution in [3.8, 4) is 11.8 Å². The van der Waals surface area contributed by atoms with E-state index in [1.54, 1.807) is 36.0 Å². The molecule has 0 saturated heterocycles. The summed E-state index contributed by atoms with van der Waals surface area (Å²) >= 11 is 0. The Labute approximate surface area is 123 Å². The number of aryl methyl sites for hydroxylation is 2. The zero-order valence-electron chi connectivity index (χ0n) is 12.2. The van der Waals surface area contributed by atoms with Crippen molar-refractivity contribution in [1.82, 2.24) is 9.78 Å². The molecule has 0 radical (unpaired) electrons. The molecule has 1 aromatic heterocycles. The summed E-state index contributed by atoms with van der Waals surface area (Å²) in [6.07, 6.45) is 0.765. The van der Waals surface area contributed by atoms with Gasteiger partial charge in [0.15, 0.2) is 0 Å². The zero-order valence-corrected chi connectivity index (χ0v) is 12.2. The van der Waals surface area contributed by atoms with Crippen LogP contribution < -0.4 is 10.1 Å². The first-order chi connectivity index (χ1) is 10.1. The summed E-state index contributed by atoms with van der Waals surface area (Å²) in [6.45, 7) is 1.98. The van der Waals surface area contributed by atoms with Gasteiger partial charge in [-0.2, -0.15) is 10.4 Å². The average Bonchev–Trinajstić information content (AvgIpc) is 2.88. The van der Waals surface area contributed by atoms with E-state index >= 15 is 0 Å². The van der Waals surface area contributed by atoms with Crippen LogP contribution in [0.15, 0.2) is 24.3 Å². The van der Waals surface area contributed by atoms with E-state index in [-0.39, 0.29) is 5.91 Å². The molecule has 2 aromatic rings. The summed E-state index contributed by atoms with van der Waals surface area (Å²) in [5.74, 6) is 0.174. The number of ether oxygens (including phenoxy) is 1. The van der Waals surface area contributed by atoms with Gasteiger partial charge in [-0.1, -0.05) is 6.92 Å². The van der Waals surface area contributed by atoms with E-state index in [2.05, 4.69) is 10.4 Å². The van der Waals surface area contributed by atoms with Gasteiger partial charge in [0, 0.05) is 13.1 Å². The monoisotopic (exact) mass is 284 g/mol. The molecule has 21 heavy (non-hydrogen) atoms. The third kappa shape index (κ3) is 3.03. The number of hydrogen-bond acceptors (Lipinski definition) is 4. The average molecular weight is 284 g/mol. The van der Waals surface area contributed by atoms with Crippen LogP contribution in [0.25, 0.3) is 0 Å². The highest BCUT2D eigenvalue weighted by Gasteiger charge is 2.15. The Bertz CT molecular complexity index is 713. The predicted molar refractivity (Wildman–Crippen MR) is 78.2 cm³/mol. The number of nitriles is 1. The highest BCUT2D eigenvalue weighted by atomic mass is 16.5. The van der Waals surface area contributed by atoms with E-state index in [0.717, 1.165) is 12.1 Å². The minimum atomic E-state index is -0.271. The smallest absolute Gasteiger partial charge is 0.274 e. The molecular formula is C15H16N4O2. The fraction of sp³-hybridized carbons (Fsp3) is 0.267. The lowest BCUT2D eigenvalue weighted by Gasteiger charge is -2.10. The molecule has 0 bridgehead atoms. The summed E-state index contributed by atoms with van der Waals surface area (Å²) in [7, 11) is 3.22. The third-order valence-electron chi connectivity index (χ3n) is 3.10. The van der Waals surface area contributed by atoms with Crippen molar-refractivity contribution in [2.45, 2.75) is 13.3 Å². The Balaban J connectivity index is 2.27. The zero-order chi connectivity index (χ0) is 15.4. The maximum atomic E-state index is 12.3. The van der Waals surface area contributed by atoms with E-state index in [1.165, 1.54) is 7.11 Å². The number of carbonyl (C=O) groups is 1. The molecule has 1 amide bonds. The van der Waals surface area contributed by atoms with Crippen LogP contribution in [0.2, 0.25) is 0 Å². The van der Waals surface area contributed by atoms with Gasteiger partial charge < -0.3 is 10.1 Å². The Morgan fingerprint density at radius 2 is 2.24 bits per heavy atom. The highest BCUT2D eigenvalue weighted by Crippen LogP contribution is 2.25. The van der Waals surface area contributed by atoms with Gasteiger partial charge in [-0.3, -0.25) is 9.48 Å². The lowest BCUT2D eigenvalue weighted by atomic mass is 10.2. The van der Waals surface area contributed by atoms with Crippen molar-refractivity contribution in [3.63, 3.8) is 0 Å². The van der Waals surface area contributed by atoms with E-state index in [4.69, 9.17) is 10.00 Å². The Morgan fingerprint density at radius 1 is 1.48 bits per heavy atom. The maximum Gasteiger partial charge on any atom is 0.274 e. The number of hydrogen-bond donors (Lipinski definition) is 1. The molecule has 0 atom stereocenters. The van der Waals surface area contributed by atoms with E-state index in [0.29, 0.717) is 22.7 Å². The van der Waals surface area contributed by atoms with Gasteiger partial charge in [-0.05, 0) is 24.6 Å². The lowest BCUT2D eigenvalue weighted by Crippen LogP contribution is -2.16. The summed E-state index contributed by atoms with van der Waals surface area (Å²) in [6, 6.07) is 8.63. The van der Waals surface area contributed by atoms with Crippen LogP contribution in [0.3, 0.4) is 0 Å². The van der Waals surface area contributed by atoms with Crippen molar-refractivity contribution >= 4 is 11.6 Å². The number of nitrogens with zero attached hydrogens (tertiary/aromatic N) is 3. The number of nitrogens with one attached hydrogen (secondary N) is 1. The molecule has 0 aliphatic carbocycles. The molecule has 0 aliphatic rings. The minimum Gasteiger partial charge on any atom is -0.495 e. The lowest BCUT2D eigenvalue weighted by molar-refractivity contribution is 0.101. The highest BCUT2D eigenvalue weighted by molar-refractivity contribution is 6.04.